The van der Waals surface area contributed by atoms with Gasteiger partial charge < -0.3 is 0 Å². The van der Waals surface area contributed by atoms with Gasteiger partial charge in [0.25, 0.3) is 15.9 Å². The van der Waals surface area contributed by atoms with Crippen LogP contribution >= 0.6 is 0 Å². The fraction of sp³-hybridized carbons (Fsp3) is 0.308. The van der Waals surface area contributed by atoms with E-state index >= 15 is 0 Å². The normalized spacial score (nSPS) is 16.6. The third kappa shape index (κ3) is 1.95. The second kappa shape index (κ2) is 4.24. The Morgan fingerprint density at radius 1 is 1.06 bits per heavy atom. The number of rotatable bonds is 2. The average molecular weight is 265 g/mol. The lowest BCUT2D eigenvalue weighted by Gasteiger charge is -2.17. The summed E-state index contributed by atoms with van der Waals surface area (Å²) in [7, 11) is -3.73. The number of carbonyl (C=O) groups is 1. The van der Waals surface area contributed by atoms with Crippen molar-refractivity contribution in [1.82, 2.24) is 4.31 Å². The predicted molar refractivity (Wildman–Crippen MR) is 68.5 cm³/mol. The molecule has 1 aromatic rings. The smallest absolute Gasteiger partial charge is 0.267 e. The van der Waals surface area contributed by atoms with Crippen molar-refractivity contribution in [2.45, 2.75) is 25.7 Å². The van der Waals surface area contributed by atoms with Crippen LogP contribution in [-0.4, -0.2) is 25.2 Å². The van der Waals surface area contributed by atoms with Gasteiger partial charge in [0.2, 0.25) is 0 Å². The minimum atomic E-state index is -3.73. The van der Waals surface area contributed by atoms with E-state index in [0.717, 1.165) is 15.4 Å². The van der Waals surface area contributed by atoms with Gasteiger partial charge >= 0.3 is 0 Å². The van der Waals surface area contributed by atoms with Gasteiger partial charge in [0.1, 0.15) is 0 Å². The monoisotopic (exact) mass is 265 g/mol. The van der Waals surface area contributed by atoms with Gasteiger partial charge in [0.05, 0.1) is 11.4 Å². The summed E-state index contributed by atoms with van der Waals surface area (Å²) in [5.41, 5.74) is 2.30. The van der Waals surface area contributed by atoms with E-state index in [4.69, 9.17) is 0 Å². The SMILES string of the molecule is CC1=C(C)C(=O)N(S(=O)(=O)c2ccc(C)cc2)C1. The summed E-state index contributed by atoms with van der Waals surface area (Å²) >= 11 is 0. The number of sulfonamides is 1. The summed E-state index contributed by atoms with van der Waals surface area (Å²) < 4.78 is 25.6. The van der Waals surface area contributed by atoms with Crippen molar-refractivity contribution in [1.29, 1.82) is 0 Å². The number of carbonyl (C=O) groups excluding carboxylic acids is 1. The standard InChI is InChI=1S/C13H15NO3S/c1-9-4-6-12(7-5-9)18(16,17)14-8-10(2)11(3)13(14)15/h4-7H,8H2,1-3H3. The third-order valence-electron chi connectivity index (χ3n) is 3.18. The Labute approximate surface area is 107 Å². The summed E-state index contributed by atoms with van der Waals surface area (Å²) in [5, 5.41) is 0. The fourth-order valence-corrected chi connectivity index (χ4v) is 3.26. The van der Waals surface area contributed by atoms with Gasteiger partial charge in [-0.2, -0.15) is 0 Å². The Morgan fingerprint density at radius 2 is 1.61 bits per heavy atom. The zero-order chi connectivity index (χ0) is 13.5. The number of hydrogen-bond donors (Lipinski definition) is 0. The highest BCUT2D eigenvalue weighted by Crippen LogP contribution is 2.25. The summed E-state index contributed by atoms with van der Waals surface area (Å²) in [6, 6.07) is 6.50. The lowest BCUT2D eigenvalue weighted by atomic mass is 10.2. The van der Waals surface area contributed by atoms with Crippen LogP contribution in [0.3, 0.4) is 0 Å². The average Bonchev–Trinajstić information content (AvgIpc) is 2.58. The predicted octanol–water partition coefficient (Wildman–Crippen LogP) is 1.86. The molecule has 1 heterocycles. The molecule has 1 amide bonds. The molecule has 96 valence electrons. The van der Waals surface area contributed by atoms with Crippen LogP contribution in [0, 0.1) is 6.92 Å². The molecule has 0 aromatic heterocycles. The Morgan fingerprint density at radius 3 is 2.06 bits per heavy atom. The van der Waals surface area contributed by atoms with E-state index < -0.39 is 15.9 Å². The highest BCUT2D eigenvalue weighted by atomic mass is 32.2. The van der Waals surface area contributed by atoms with E-state index in [9.17, 15) is 13.2 Å². The minimum absolute atomic E-state index is 0.154. The van der Waals surface area contributed by atoms with Crippen LogP contribution in [0.5, 0.6) is 0 Å². The van der Waals surface area contributed by atoms with Crippen molar-refractivity contribution in [3.05, 3.63) is 41.0 Å². The van der Waals surface area contributed by atoms with Gasteiger partial charge in [0, 0.05) is 5.57 Å². The first-order chi connectivity index (χ1) is 8.34. The van der Waals surface area contributed by atoms with Gasteiger partial charge in [-0.15, -0.1) is 0 Å². The van der Waals surface area contributed by atoms with Crippen molar-refractivity contribution in [3.8, 4) is 0 Å². The van der Waals surface area contributed by atoms with Crippen LogP contribution in [0.4, 0.5) is 0 Å². The minimum Gasteiger partial charge on any atom is -0.268 e. The maximum atomic E-state index is 12.3. The van der Waals surface area contributed by atoms with Crippen LogP contribution in [0.25, 0.3) is 0 Å². The van der Waals surface area contributed by atoms with Crippen molar-refractivity contribution < 1.29 is 13.2 Å². The third-order valence-corrected chi connectivity index (χ3v) is 4.92. The zero-order valence-electron chi connectivity index (χ0n) is 10.6. The van der Waals surface area contributed by atoms with Crippen molar-refractivity contribution in [2.75, 3.05) is 6.54 Å². The molecule has 0 unspecified atom stereocenters. The summed E-state index contributed by atoms with van der Waals surface area (Å²) in [4.78, 5) is 12.0. The molecule has 1 aliphatic heterocycles. The highest BCUT2D eigenvalue weighted by molar-refractivity contribution is 7.89. The molecule has 0 fully saturated rings. The lowest BCUT2D eigenvalue weighted by molar-refractivity contribution is -0.121. The molecule has 0 saturated heterocycles. The van der Waals surface area contributed by atoms with Gasteiger partial charge in [-0.05, 0) is 38.5 Å². The van der Waals surface area contributed by atoms with E-state index in [0.29, 0.717) is 5.57 Å². The maximum Gasteiger partial charge on any atom is 0.267 e. The van der Waals surface area contributed by atoms with Crippen molar-refractivity contribution in [3.63, 3.8) is 0 Å². The van der Waals surface area contributed by atoms with Crippen molar-refractivity contribution >= 4 is 15.9 Å². The molecule has 5 heteroatoms. The topological polar surface area (TPSA) is 54.5 Å². The van der Waals surface area contributed by atoms with E-state index in [1.165, 1.54) is 12.1 Å². The number of benzene rings is 1. The Hall–Kier alpha value is -1.62. The van der Waals surface area contributed by atoms with E-state index in [2.05, 4.69) is 0 Å². The number of nitrogens with zero attached hydrogens (tertiary/aromatic N) is 1. The first-order valence-corrected chi connectivity index (χ1v) is 7.08. The fourth-order valence-electron chi connectivity index (χ4n) is 1.81. The molecule has 4 nitrogen and oxygen atoms in total. The summed E-state index contributed by atoms with van der Waals surface area (Å²) in [6.45, 7) is 5.47. The molecular formula is C13H15NO3S. The first-order valence-electron chi connectivity index (χ1n) is 5.64. The molecule has 1 aromatic carbocycles. The van der Waals surface area contributed by atoms with E-state index in [1.807, 2.05) is 6.92 Å². The second-order valence-electron chi connectivity index (χ2n) is 4.54. The highest BCUT2D eigenvalue weighted by Gasteiger charge is 2.35. The van der Waals surface area contributed by atoms with Crippen LogP contribution in [-0.2, 0) is 14.8 Å². The van der Waals surface area contributed by atoms with Crippen LogP contribution in [0.15, 0.2) is 40.3 Å². The Balaban J connectivity index is 2.40. The molecule has 18 heavy (non-hydrogen) atoms. The number of hydrogen-bond acceptors (Lipinski definition) is 3. The van der Waals surface area contributed by atoms with Gasteiger partial charge in [0.15, 0.2) is 0 Å². The van der Waals surface area contributed by atoms with Crippen LogP contribution in [0.2, 0.25) is 0 Å². The molecule has 0 bridgehead atoms. The van der Waals surface area contributed by atoms with Crippen LogP contribution in [0.1, 0.15) is 19.4 Å². The second-order valence-corrected chi connectivity index (χ2v) is 6.40. The van der Waals surface area contributed by atoms with Gasteiger partial charge in [-0.1, -0.05) is 17.7 Å². The summed E-state index contributed by atoms with van der Waals surface area (Å²) in [5.74, 6) is -0.423. The molecule has 2 rings (SSSR count). The first kappa shape index (κ1) is 12.8. The molecule has 0 radical (unpaired) electrons. The molecule has 0 spiro atoms. The molecule has 0 atom stereocenters. The molecule has 1 aliphatic rings. The van der Waals surface area contributed by atoms with Gasteiger partial charge in [-0.25, -0.2) is 12.7 Å². The molecule has 0 aliphatic carbocycles. The van der Waals surface area contributed by atoms with Crippen molar-refractivity contribution in [2.24, 2.45) is 0 Å². The van der Waals surface area contributed by atoms with Crippen LogP contribution < -0.4 is 0 Å². The Kier molecular flexibility index (Phi) is 3.02. The zero-order valence-corrected chi connectivity index (χ0v) is 11.4. The summed E-state index contributed by atoms with van der Waals surface area (Å²) in [6.07, 6.45) is 0. The van der Waals surface area contributed by atoms with Gasteiger partial charge in [-0.3, -0.25) is 4.79 Å². The Bertz CT molecular complexity index is 627. The van der Waals surface area contributed by atoms with E-state index in [-0.39, 0.29) is 11.4 Å². The number of amides is 1. The lowest BCUT2D eigenvalue weighted by Crippen LogP contribution is -2.33. The molecule has 0 saturated carbocycles. The molecule has 0 N–H and O–H groups in total. The number of aryl methyl sites for hydroxylation is 1. The van der Waals surface area contributed by atoms with E-state index in [1.54, 1.807) is 26.0 Å². The quantitative estimate of drug-likeness (QED) is 0.820. The molecular weight excluding hydrogens is 250 g/mol. The largest absolute Gasteiger partial charge is 0.268 e. The maximum absolute atomic E-state index is 12.3.